The number of carbonyl (C=O) groups excluding carboxylic acids is 2. The number of amides is 2. The van der Waals surface area contributed by atoms with E-state index >= 15 is 0 Å². The lowest BCUT2D eigenvalue weighted by Crippen LogP contribution is -2.30. The van der Waals surface area contributed by atoms with Crippen LogP contribution in [0.3, 0.4) is 0 Å². The van der Waals surface area contributed by atoms with Gasteiger partial charge in [-0.3, -0.25) is 9.59 Å². The van der Waals surface area contributed by atoms with Gasteiger partial charge in [0.1, 0.15) is 5.69 Å². The minimum absolute atomic E-state index is 0.0842. The second-order valence-corrected chi connectivity index (χ2v) is 10.8. The normalized spacial score (nSPS) is 13.7. The average Bonchev–Trinajstić information content (AvgIpc) is 3.49. The number of alkyl halides is 3. The van der Waals surface area contributed by atoms with Crippen molar-refractivity contribution in [3.63, 3.8) is 0 Å². The molecule has 0 saturated carbocycles. The van der Waals surface area contributed by atoms with Crippen LogP contribution in [0.5, 0.6) is 0 Å². The average molecular weight is 640 g/mol. The summed E-state index contributed by atoms with van der Waals surface area (Å²) in [7, 11) is 0. The zero-order chi connectivity index (χ0) is 32.0. The lowest BCUT2D eigenvalue weighted by Gasteiger charge is -2.29. The quantitative estimate of drug-likeness (QED) is 0.164. The summed E-state index contributed by atoms with van der Waals surface area (Å²) in [6, 6.07) is 15.3. The van der Waals surface area contributed by atoms with Gasteiger partial charge in [0.05, 0.1) is 47.4 Å². The first kappa shape index (κ1) is 31.7. The second kappa shape index (κ2) is 13.9. The van der Waals surface area contributed by atoms with Crippen LogP contribution in [0.1, 0.15) is 62.4 Å². The Morgan fingerprint density at radius 3 is 2.56 bits per heavy atom. The number of carbonyl (C=O) groups is 2. The van der Waals surface area contributed by atoms with Crippen LogP contribution in [0, 0.1) is 0 Å². The van der Waals surface area contributed by atoms with Gasteiger partial charge >= 0.3 is 6.18 Å². The molecule has 1 fully saturated rings. The Bertz CT molecular complexity index is 1720. The maximum Gasteiger partial charge on any atom is 0.417 e. The topological polar surface area (TPSA) is 125 Å². The maximum atomic E-state index is 13.3. The molecule has 0 radical (unpaired) electrons. The zero-order valence-corrected chi connectivity index (χ0v) is 24.6. The number of aliphatic hydroxyl groups is 1. The Hall–Kier alpha value is -4.75. The fourth-order valence-electron chi connectivity index (χ4n) is 4.92. The van der Waals surface area contributed by atoms with Gasteiger partial charge in [0.25, 0.3) is 11.8 Å². The molecular weight excluding hydrogens is 611 g/mol. The van der Waals surface area contributed by atoms with E-state index in [1.165, 1.54) is 6.07 Å². The number of piperidine rings is 1. The van der Waals surface area contributed by atoms with Crippen molar-refractivity contribution in [3.8, 4) is 0 Å². The third-order valence-corrected chi connectivity index (χ3v) is 7.50. The molecule has 2 amide bonds. The van der Waals surface area contributed by atoms with E-state index in [4.69, 9.17) is 11.6 Å². The summed E-state index contributed by atoms with van der Waals surface area (Å²) < 4.78 is 41.3. The number of hydrazone groups is 1. The molecule has 2 heterocycles. The first-order chi connectivity index (χ1) is 21.6. The van der Waals surface area contributed by atoms with E-state index in [1.807, 2.05) is 12.1 Å². The molecule has 1 aliphatic rings. The lowest BCUT2D eigenvalue weighted by atomic mass is 10.1. The number of nitrogens with zero attached hydrogens (tertiary/aromatic N) is 5. The summed E-state index contributed by atoms with van der Waals surface area (Å²) >= 11 is 5.69. The fourth-order valence-corrected chi connectivity index (χ4v) is 5.15. The molecule has 0 aliphatic carbocycles. The van der Waals surface area contributed by atoms with Crippen LogP contribution in [0.15, 0.2) is 72.0 Å². The third kappa shape index (κ3) is 8.05. The van der Waals surface area contributed by atoms with E-state index in [0.29, 0.717) is 17.8 Å². The molecule has 1 aliphatic heterocycles. The molecule has 5 rings (SSSR count). The van der Waals surface area contributed by atoms with E-state index in [-0.39, 0.29) is 23.4 Å². The Morgan fingerprint density at radius 2 is 1.82 bits per heavy atom. The fraction of sp³-hybridized carbons (Fsp3) is 0.258. The molecule has 3 aromatic carbocycles. The number of hydrogen-bond donors (Lipinski definition) is 3. The molecule has 10 nitrogen and oxygen atoms in total. The third-order valence-electron chi connectivity index (χ3n) is 7.17. The minimum atomic E-state index is -4.65. The van der Waals surface area contributed by atoms with Crippen LogP contribution in [0.25, 0.3) is 0 Å². The highest BCUT2D eigenvalue weighted by Gasteiger charge is 2.33. The highest BCUT2D eigenvalue weighted by Crippen LogP contribution is 2.35. The summed E-state index contributed by atoms with van der Waals surface area (Å²) in [5.74, 6) is -1.12. The van der Waals surface area contributed by atoms with Gasteiger partial charge in [0, 0.05) is 24.3 Å². The zero-order valence-electron chi connectivity index (χ0n) is 23.9. The summed E-state index contributed by atoms with van der Waals surface area (Å²) in [4.78, 5) is 28.8. The van der Waals surface area contributed by atoms with Crippen LogP contribution in [-0.2, 0) is 19.3 Å². The van der Waals surface area contributed by atoms with Crippen LogP contribution < -0.4 is 15.6 Å². The SMILES string of the molecule is O=C(Nc1ccc(N2CCCCC2)cc1C(=O)N/N=C\c1ccc(Cl)c(C(F)(F)F)c1)c1cccc(Cn2cc(CO)nn2)c1. The summed E-state index contributed by atoms with van der Waals surface area (Å²) in [5.41, 5.74) is 4.11. The Balaban J connectivity index is 1.36. The first-order valence-electron chi connectivity index (χ1n) is 14.1. The number of halogens is 4. The van der Waals surface area contributed by atoms with Crippen LogP contribution in [0.2, 0.25) is 5.02 Å². The van der Waals surface area contributed by atoms with Crippen molar-refractivity contribution in [2.24, 2.45) is 5.10 Å². The van der Waals surface area contributed by atoms with Crippen molar-refractivity contribution in [3.05, 3.63) is 105 Å². The van der Waals surface area contributed by atoms with Crippen LogP contribution in [0.4, 0.5) is 24.5 Å². The van der Waals surface area contributed by atoms with Gasteiger partial charge in [-0.1, -0.05) is 35.0 Å². The molecule has 4 aromatic rings. The number of rotatable bonds is 9. The number of hydrogen-bond acceptors (Lipinski definition) is 7. The van der Waals surface area contributed by atoms with Crippen molar-refractivity contribution in [2.75, 3.05) is 23.3 Å². The summed E-state index contributed by atoms with van der Waals surface area (Å²) in [6.07, 6.45) is 1.18. The Morgan fingerprint density at radius 1 is 1.02 bits per heavy atom. The molecule has 3 N–H and O–H groups in total. The van der Waals surface area contributed by atoms with E-state index in [1.54, 1.807) is 41.2 Å². The van der Waals surface area contributed by atoms with Gasteiger partial charge in [0.2, 0.25) is 0 Å². The standard InChI is InChI=1S/C31H29ClF3N7O3/c32-27-9-7-20(14-26(27)31(33,34)35)16-36-39-30(45)25-15-24(41-11-2-1-3-12-41)8-10-28(25)37-29(44)22-6-4-5-21(13-22)17-42-18-23(19-43)38-40-42/h4-10,13-16,18,43H,1-3,11-12,17,19H2,(H,37,44)(H,39,45)/b36-16-. The molecule has 0 bridgehead atoms. The van der Waals surface area contributed by atoms with Crippen molar-refractivity contribution in [1.29, 1.82) is 0 Å². The molecule has 0 spiro atoms. The van der Waals surface area contributed by atoms with Gasteiger partial charge in [-0.2, -0.15) is 18.3 Å². The van der Waals surface area contributed by atoms with Gasteiger partial charge < -0.3 is 15.3 Å². The van der Waals surface area contributed by atoms with E-state index in [9.17, 15) is 27.9 Å². The number of aromatic nitrogens is 3. The highest BCUT2D eigenvalue weighted by atomic mass is 35.5. The predicted molar refractivity (Wildman–Crippen MR) is 163 cm³/mol. The smallest absolute Gasteiger partial charge is 0.390 e. The Labute approximate surface area is 261 Å². The number of benzene rings is 3. The summed E-state index contributed by atoms with van der Waals surface area (Å²) in [5, 5.41) is 23.2. The highest BCUT2D eigenvalue weighted by molar-refractivity contribution is 6.31. The number of anilines is 2. The van der Waals surface area contributed by atoms with E-state index in [2.05, 4.69) is 31.1 Å². The van der Waals surface area contributed by atoms with Crippen molar-refractivity contribution >= 4 is 41.0 Å². The monoisotopic (exact) mass is 639 g/mol. The predicted octanol–water partition coefficient (Wildman–Crippen LogP) is 5.50. The van der Waals surface area contributed by atoms with Crippen LogP contribution in [-0.4, -0.2) is 51.2 Å². The molecule has 0 unspecified atom stereocenters. The van der Waals surface area contributed by atoms with Crippen molar-refractivity contribution in [2.45, 2.75) is 38.6 Å². The van der Waals surface area contributed by atoms with Crippen molar-refractivity contribution in [1.82, 2.24) is 20.4 Å². The molecule has 234 valence electrons. The Kier molecular flexibility index (Phi) is 9.79. The second-order valence-electron chi connectivity index (χ2n) is 10.4. The molecular formula is C31H29ClF3N7O3. The van der Waals surface area contributed by atoms with E-state index < -0.39 is 28.6 Å². The van der Waals surface area contributed by atoms with Gasteiger partial charge in [-0.05, 0) is 72.9 Å². The number of nitrogens with one attached hydrogen (secondary N) is 2. The maximum absolute atomic E-state index is 13.3. The van der Waals surface area contributed by atoms with Gasteiger partial charge in [-0.25, -0.2) is 10.1 Å². The molecule has 45 heavy (non-hydrogen) atoms. The first-order valence-corrected chi connectivity index (χ1v) is 14.5. The van der Waals surface area contributed by atoms with Gasteiger partial charge in [-0.15, -0.1) is 5.10 Å². The van der Waals surface area contributed by atoms with Crippen LogP contribution >= 0.6 is 11.6 Å². The summed E-state index contributed by atoms with van der Waals surface area (Å²) in [6.45, 7) is 1.73. The minimum Gasteiger partial charge on any atom is -0.390 e. The molecule has 0 atom stereocenters. The van der Waals surface area contributed by atoms with E-state index in [0.717, 1.165) is 62.0 Å². The van der Waals surface area contributed by atoms with Crippen molar-refractivity contribution < 1.29 is 27.9 Å². The lowest BCUT2D eigenvalue weighted by molar-refractivity contribution is -0.137. The molecule has 1 aromatic heterocycles. The largest absolute Gasteiger partial charge is 0.417 e. The van der Waals surface area contributed by atoms with Gasteiger partial charge in [0.15, 0.2) is 0 Å². The molecule has 14 heteroatoms. The molecule has 1 saturated heterocycles. The number of aliphatic hydroxyl groups excluding tert-OH is 1.